The summed E-state index contributed by atoms with van der Waals surface area (Å²) >= 11 is 0. The van der Waals surface area contributed by atoms with Gasteiger partial charge in [-0.3, -0.25) is 0 Å². The normalized spacial score (nSPS) is 28.4. The van der Waals surface area contributed by atoms with Crippen LogP contribution in [0.15, 0.2) is 12.3 Å². The highest BCUT2D eigenvalue weighted by Crippen LogP contribution is 2.26. The van der Waals surface area contributed by atoms with E-state index >= 15 is 0 Å². The zero-order chi connectivity index (χ0) is 11.1. The van der Waals surface area contributed by atoms with Gasteiger partial charge in [-0.15, -0.1) is 0 Å². The topological polar surface area (TPSA) is 18.5 Å². The molecule has 2 rings (SSSR count). The molecule has 1 unspecified atom stereocenters. The van der Waals surface area contributed by atoms with Crippen LogP contribution in [0.1, 0.15) is 51.4 Å². The molecule has 0 spiro atoms. The smallest absolute Gasteiger partial charge is 0.121 e. The first-order chi connectivity index (χ1) is 7.95. The van der Waals surface area contributed by atoms with Crippen molar-refractivity contribution >= 4 is 0 Å². The Balaban J connectivity index is 1.57. The van der Waals surface area contributed by atoms with Crippen LogP contribution in [0.4, 0.5) is 0 Å². The van der Waals surface area contributed by atoms with Crippen molar-refractivity contribution < 1.29 is 9.47 Å². The molecular weight excluding hydrogens is 200 g/mol. The molecule has 2 fully saturated rings. The van der Waals surface area contributed by atoms with Gasteiger partial charge in [-0.25, -0.2) is 0 Å². The van der Waals surface area contributed by atoms with E-state index in [0.29, 0.717) is 6.10 Å². The fourth-order valence-corrected chi connectivity index (χ4v) is 2.66. The summed E-state index contributed by atoms with van der Waals surface area (Å²) in [5.41, 5.74) is 0. The third-order valence-corrected chi connectivity index (χ3v) is 3.68. The maximum absolute atomic E-state index is 5.67. The SMILES string of the molecule is C(=COC1CCCOC1)CC1CCCCC1. The highest BCUT2D eigenvalue weighted by Gasteiger charge is 2.14. The summed E-state index contributed by atoms with van der Waals surface area (Å²) in [7, 11) is 0. The Kier molecular flexibility index (Phi) is 5.20. The Morgan fingerprint density at radius 2 is 1.94 bits per heavy atom. The minimum Gasteiger partial charge on any atom is -0.496 e. The predicted octanol–water partition coefficient (Wildman–Crippen LogP) is 3.67. The first-order valence-electron chi connectivity index (χ1n) is 6.83. The molecule has 1 aliphatic carbocycles. The van der Waals surface area contributed by atoms with E-state index in [1.165, 1.54) is 38.5 Å². The lowest BCUT2D eigenvalue weighted by Crippen LogP contribution is -2.23. The van der Waals surface area contributed by atoms with E-state index in [2.05, 4.69) is 6.08 Å². The van der Waals surface area contributed by atoms with E-state index in [1.54, 1.807) is 0 Å². The van der Waals surface area contributed by atoms with Crippen LogP contribution >= 0.6 is 0 Å². The molecule has 92 valence electrons. The molecular formula is C14H24O2. The van der Waals surface area contributed by atoms with E-state index in [0.717, 1.165) is 32.0 Å². The van der Waals surface area contributed by atoms with E-state index in [-0.39, 0.29) is 0 Å². The lowest BCUT2D eigenvalue weighted by Gasteiger charge is -2.22. The highest BCUT2D eigenvalue weighted by molar-refractivity contribution is 4.81. The maximum Gasteiger partial charge on any atom is 0.121 e. The Hall–Kier alpha value is -0.500. The summed E-state index contributed by atoms with van der Waals surface area (Å²) in [6.07, 6.45) is 15.0. The zero-order valence-corrected chi connectivity index (χ0v) is 10.2. The van der Waals surface area contributed by atoms with Crippen LogP contribution in [-0.2, 0) is 9.47 Å². The second-order valence-electron chi connectivity index (χ2n) is 5.09. The Morgan fingerprint density at radius 3 is 2.69 bits per heavy atom. The van der Waals surface area contributed by atoms with Crippen molar-refractivity contribution in [1.29, 1.82) is 0 Å². The van der Waals surface area contributed by atoms with Crippen LogP contribution in [0.3, 0.4) is 0 Å². The minimum atomic E-state index is 0.302. The van der Waals surface area contributed by atoms with Gasteiger partial charge in [0.15, 0.2) is 0 Å². The van der Waals surface area contributed by atoms with Gasteiger partial charge in [-0.05, 0) is 31.3 Å². The van der Waals surface area contributed by atoms with Gasteiger partial charge in [0.2, 0.25) is 0 Å². The van der Waals surface area contributed by atoms with E-state index in [9.17, 15) is 0 Å². The molecule has 2 aliphatic rings. The van der Waals surface area contributed by atoms with E-state index in [1.807, 2.05) is 6.26 Å². The molecule has 1 atom stereocenters. The van der Waals surface area contributed by atoms with Gasteiger partial charge in [0.05, 0.1) is 12.9 Å². The highest BCUT2D eigenvalue weighted by atomic mass is 16.5. The van der Waals surface area contributed by atoms with Crippen molar-refractivity contribution in [2.75, 3.05) is 13.2 Å². The number of ether oxygens (including phenoxy) is 2. The van der Waals surface area contributed by atoms with Gasteiger partial charge in [0, 0.05) is 6.61 Å². The van der Waals surface area contributed by atoms with Crippen LogP contribution in [0, 0.1) is 5.92 Å². The second kappa shape index (κ2) is 6.95. The van der Waals surface area contributed by atoms with Crippen molar-refractivity contribution in [3.8, 4) is 0 Å². The third-order valence-electron chi connectivity index (χ3n) is 3.68. The summed E-state index contributed by atoms with van der Waals surface area (Å²) in [5.74, 6) is 0.913. The molecule has 1 saturated heterocycles. The van der Waals surface area contributed by atoms with Crippen LogP contribution in [-0.4, -0.2) is 19.3 Å². The summed E-state index contributed by atoms with van der Waals surface area (Å²) in [6, 6.07) is 0. The van der Waals surface area contributed by atoms with Gasteiger partial charge in [-0.2, -0.15) is 0 Å². The van der Waals surface area contributed by atoms with Gasteiger partial charge in [-0.1, -0.05) is 32.1 Å². The first kappa shape index (κ1) is 12.0. The lowest BCUT2D eigenvalue weighted by molar-refractivity contribution is -0.0134. The van der Waals surface area contributed by atoms with Gasteiger partial charge >= 0.3 is 0 Å². The van der Waals surface area contributed by atoms with Gasteiger partial charge in [0.1, 0.15) is 6.10 Å². The molecule has 0 aromatic heterocycles. The summed E-state index contributed by atoms with van der Waals surface area (Å²) in [4.78, 5) is 0. The first-order valence-corrected chi connectivity index (χ1v) is 6.83. The number of allylic oxidation sites excluding steroid dienone is 1. The van der Waals surface area contributed by atoms with E-state index in [4.69, 9.17) is 9.47 Å². The molecule has 0 bridgehead atoms. The maximum atomic E-state index is 5.67. The molecule has 16 heavy (non-hydrogen) atoms. The standard InChI is InChI=1S/C14H24O2/c1-2-6-13(7-3-1)8-4-11-16-14-9-5-10-15-12-14/h4,11,13-14H,1-3,5-10,12H2. The number of hydrogen-bond donors (Lipinski definition) is 0. The zero-order valence-electron chi connectivity index (χ0n) is 10.2. The van der Waals surface area contributed by atoms with Gasteiger partial charge in [0.25, 0.3) is 0 Å². The van der Waals surface area contributed by atoms with Crippen LogP contribution in [0.2, 0.25) is 0 Å². The summed E-state index contributed by atoms with van der Waals surface area (Å²) < 4.78 is 11.0. The quantitative estimate of drug-likeness (QED) is 0.678. The van der Waals surface area contributed by atoms with E-state index < -0.39 is 0 Å². The Labute approximate surface area is 99.0 Å². The molecule has 1 saturated carbocycles. The summed E-state index contributed by atoms with van der Waals surface area (Å²) in [5, 5.41) is 0. The van der Waals surface area contributed by atoms with Crippen LogP contribution < -0.4 is 0 Å². The molecule has 0 aromatic carbocycles. The third kappa shape index (κ3) is 4.17. The average Bonchev–Trinajstić information content (AvgIpc) is 2.37. The number of hydrogen-bond acceptors (Lipinski definition) is 2. The predicted molar refractivity (Wildman–Crippen MR) is 65.3 cm³/mol. The van der Waals surface area contributed by atoms with Crippen molar-refractivity contribution in [3.05, 3.63) is 12.3 Å². The van der Waals surface area contributed by atoms with Crippen molar-refractivity contribution in [2.24, 2.45) is 5.92 Å². The number of rotatable bonds is 4. The van der Waals surface area contributed by atoms with Crippen molar-refractivity contribution in [2.45, 2.75) is 57.5 Å². The van der Waals surface area contributed by atoms with Crippen molar-refractivity contribution in [3.63, 3.8) is 0 Å². The molecule has 0 aromatic rings. The second-order valence-corrected chi connectivity index (χ2v) is 5.09. The molecule has 2 heteroatoms. The molecule has 0 amide bonds. The van der Waals surface area contributed by atoms with Gasteiger partial charge < -0.3 is 9.47 Å². The summed E-state index contributed by atoms with van der Waals surface area (Å²) in [6.45, 7) is 1.68. The lowest BCUT2D eigenvalue weighted by atomic mass is 9.87. The monoisotopic (exact) mass is 224 g/mol. The fourth-order valence-electron chi connectivity index (χ4n) is 2.66. The minimum absolute atomic E-state index is 0.302. The molecule has 0 N–H and O–H groups in total. The Morgan fingerprint density at radius 1 is 1.06 bits per heavy atom. The molecule has 2 nitrogen and oxygen atoms in total. The molecule has 0 radical (unpaired) electrons. The van der Waals surface area contributed by atoms with Crippen molar-refractivity contribution in [1.82, 2.24) is 0 Å². The Bertz CT molecular complexity index is 179. The van der Waals surface area contributed by atoms with Crippen LogP contribution in [0.25, 0.3) is 0 Å². The fraction of sp³-hybridized carbons (Fsp3) is 0.857. The van der Waals surface area contributed by atoms with Crippen LogP contribution in [0.5, 0.6) is 0 Å². The average molecular weight is 224 g/mol. The molecule has 1 aliphatic heterocycles. The molecule has 1 heterocycles. The largest absolute Gasteiger partial charge is 0.496 e.